The monoisotopic (exact) mass is 294 g/mol. The first kappa shape index (κ1) is 14.0. The average Bonchev–Trinajstić information content (AvgIpc) is 2.92. The summed E-state index contributed by atoms with van der Waals surface area (Å²) in [5, 5.41) is 0.645. The van der Waals surface area contributed by atoms with Crippen molar-refractivity contribution in [3.05, 3.63) is 23.8 Å². The number of nitrogens with two attached hydrogens (primary N) is 1. The van der Waals surface area contributed by atoms with E-state index in [9.17, 15) is 0 Å². The number of benzene rings is 1. The number of rotatable bonds is 3. The number of nitrogens with zero attached hydrogens (tertiary/aromatic N) is 1. The lowest BCUT2D eigenvalue weighted by molar-refractivity contribution is 0.150. The molecule has 2 N–H and O–H groups in total. The van der Waals surface area contributed by atoms with Crippen LogP contribution in [0.1, 0.15) is 25.5 Å². The Balaban J connectivity index is 1.85. The van der Waals surface area contributed by atoms with Gasteiger partial charge in [0.25, 0.3) is 0 Å². The molecule has 1 aromatic rings. The summed E-state index contributed by atoms with van der Waals surface area (Å²) in [5.74, 6) is 2.85. The van der Waals surface area contributed by atoms with Crippen LogP contribution in [-0.4, -0.2) is 41.8 Å². The maximum atomic E-state index is 6.07. The Morgan fingerprint density at radius 3 is 2.95 bits per heavy atom. The van der Waals surface area contributed by atoms with Gasteiger partial charge in [0.1, 0.15) is 0 Å². The highest BCUT2D eigenvalue weighted by atomic mass is 32.2. The predicted molar refractivity (Wildman–Crippen MR) is 82.4 cm³/mol. The molecule has 0 aromatic heterocycles. The molecule has 4 nitrogen and oxygen atoms in total. The summed E-state index contributed by atoms with van der Waals surface area (Å²) in [4.78, 5) is 2.53. The van der Waals surface area contributed by atoms with Crippen LogP contribution >= 0.6 is 11.8 Å². The van der Waals surface area contributed by atoms with E-state index in [0.29, 0.717) is 24.6 Å². The molecule has 0 radical (unpaired) electrons. The largest absolute Gasteiger partial charge is 0.454 e. The standard InChI is InChI=1S/C15H22N2O2S/c1-10-11(2)20-6-5-17(10)13(8-16)12-3-4-14-15(7-12)19-9-18-14/h3-4,7,10-11,13H,5-6,8-9,16H2,1-2H3. The maximum Gasteiger partial charge on any atom is 0.231 e. The van der Waals surface area contributed by atoms with Crippen LogP contribution in [0.25, 0.3) is 0 Å². The van der Waals surface area contributed by atoms with Crippen LogP contribution in [0.4, 0.5) is 0 Å². The van der Waals surface area contributed by atoms with Gasteiger partial charge >= 0.3 is 0 Å². The van der Waals surface area contributed by atoms with Crippen molar-refractivity contribution < 1.29 is 9.47 Å². The first-order valence-electron chi connectivity index (χ1n) is 7.17. The molecule has 0 spiro atoms. The van der Waals surface area contributed by atoms with Crippen molar-refractivity contribution in [2.45, 2.75) is 31.2 Å². The van der Waals surface area contributed by atoms with E-state index >= 15 is 0 Å². The molecule has 0 amide bonds. The van der Waals surface area contributed by atoms with Crippen LogP contribution in [0.15, 0.2) is 18.2 Å². The van der Waals surface area contributed by atoms with Crippen molar-refractivity contribution in [2.75, 3.05) is 25.6 Å². The van der Waals surface area contributed by atoms with E-state index in [4.69, 9.17) is 15.2 Å². The van der Waals surface area contributed by atoms with Gasteiger partial charge in [0.15, 0.2) is 11.5 Å². The van der Waals surface area contributed by atoms with Gasteiger partial charge in [0, 0.05) is 36.2 Å². The zero-order chi connectivity index (χ0) is 14.1. The van der Waals surface area contributed by atoms with E-state index < -0.39 is 0 Å². The molecule has 2 aliphatic rings. The van der Waals surface area contributed by atoms with Crippen LogP contribution in [0.5, 0.6) is 11.5 Å². The fourth-order valence-corrected chi connectivity index (χ4v) is 4.10. The number of ether oxygens (including phenoxy) is 2. The maximum absolute atomic E-state index is 6.07. The molecule has 1 fully saturated rings. The van der Waals surface area contributed by atoms with Crippen LogP contribution < -0.4 is 15.2 Å². The summed E-state index contributed by atoms with van der Waals surface area (Å²) >= 11 is 2.05. The zero-order valence-corrected chi connectivity index (χ0v) is 12.9. The Morgan fingerprint density at radius 2 is 2.15 bits per heavy atom. The molecule has 2 heterocycles. The second kappa shape index (κ2) is 5.84. The number of fused-ring (bicyclic) bond motifs is 1. The fourth-order valence-electron chi connectivity index (χ4n) is 2.98. The lowest BCUT2D eigenvalue weighted by atomic mass is 10.0. The quantitative estimate of drug-likeness (QED) is 0.926. The van der Waals surface area contributed by atoms with Crippen LogP contribution in [-0.2, 0) is 0 Å². The molecule has 3 rings (SSSR count). The second-order valence-electron chi connectivity index (χ2n) is 5.42. The van der Waals surface area contributed by atoms with Gasteiger partial charge in [-0.15, -0.1) is 0 Å². The van der Waals surface area contributed by atoms with Gasteiger partial charge < -0.3 is 15.2 Å². The molecular formula is C15H22N2O2S. The molecule has 2 aliphatic heterocycles. The topological polar surface area (TPSA) is 47.7 Å². The summed E-state index contributed by atoms with van der Waals surface area (Å²) in [6, 6.07) is 6.98. The second-order valence-corrected chi connectivity index (χ2v) is 6.90. The van der Waals surface area contributed by atoms with E-state index in [0.717, 1.165) is 18.0 Å². The smallest absolute Gasteiger partial charge is 0.231 e. The van der Waals surface area contributed by atoms with Crippen LogP contribution in [0.2, 0.25) is 0 Å². The Kier molecular flexibility index (Phi) is 4.10. The van der Waals surface area contributed by atoms with E-state index in [2.05, 4.69) is 30.9 Å². The molecule has 3 atom stereocenters. The fraction of sp³-hybridized carbons (Fsp3) is 0.600. The minimum Gasteiger partial charge on any atom is -0.454 e. The van der Waals surface area contributed by atoms with E-state index in [-0.39, 0.29) is 6.04 Å². The summed E-state index contributed by atoms with van der Waals surface area (Å²) < 4.78 is 10.9. The van der Waals surface area contributed by atoms with Crippen molar-refractivity contribution in [1.82, 2.24) is 4.90 Å². The molecule has 110 valence electrons. The van der Waals surface area contributed by atoms with Gasteiger partial charge in [-0.2, -0.15) is 11.8 Å². The van der Waals surface area contributed by atoms with Gasteiger partial charge in [0.05, 0.1) is 0 Å². The first-order chi connectivity index (χ1) is 9.70. The molecule has 0 saturated carbocycles. The van der Waals surface area contributed by atoms with Crippen LogP contribution in [0, 0.1) is 0 Å². The molecular weight excluding hydrogens is 272 g/mol. The predicted octanol–water partition coefficient (Wildman–Crippen LogP) is 2.24. The van der Waals surface area contributed by atoms with E-state index in [1.807, 2.05) is 17.8 Å². The summed E-state index contributed by atoms with van der Waals surface area (Å²) in [6.07, 6.45) is 0. The van der Waals surface area contributed by atoms with Crippen molar-refractivity contribution in [3.63, 3.8) is 0 Å². The minimum absolute atomic E-state index is 0.253. The Labute approximate surface area is 124 Å². The van der Waals surface area contributed by atoms with Gasteiger partial charge in [-0.05, 0) is 24.6 Å². The zero-order valence-electron chi connectivity index (χ0n) is 12.0. The van der Waals surface area contributed by atoms with E-state index in [1.165, 1.54) is 11.3 Å². The Bertz CT molecular complexity index is 483. The highest BCUT2D eigenvalue weighted by molar-refractivity contribution is 8.00. The third-order valence-corrected chi connectivity index (χ3v) is 5.68. The highest BCUT2D eigenvalue weighted by Gasteiger charge is 2.31. The molecule has 1 aromatic carbocycles. The lowest BCUT2D eigenvalue weighted by Gasteiger charge is -2.42. The number of thioether (sulfide) groups is 1. The average molecular weight is 294 g/mol. The third kappa shape index (κ3) is 2.50. The van der Waals surface area contributed by atoms with Crippen molar-refractivity contribution in [2.24, 2.45) is 5.73 Å². The molecule has 0 aliphatic carbocycles. The summed E-state index contributed by atoms with van der Waals surface area (Å²) in [6.45, 7) is 6.63. The molecule has 20 heavy (non-hydrogen) atoms. The molecule has 1 saturated heterocycles. The molecule has 0 bridgehead atoms. The Morgan fingerprint density at radius 1 is 1.35 bits per heavy atom. The van der Waals surface area contributed by atoms with Gasteiger partial charge in [0.2, 0.25) is 6.79 Å². The van der Waals surface area contributed by atoms with Crippen LogP contribution in [0.3, 0.4) is 0 Å². The number of hydrogen-bond donors (Lipinski definition) is 1. The lowest BCUT2D eigenvalue weighted by Crippen LogP contribution is -2.48. The third-order valence-electron chi connectivity index (χ3n) is 4.34. The van der Waals surface area contributed by atoms with Crippen molar-refractivity contribution >= 4 is 11.8 Å². The van der Waals surface area contributed by atoms with Gasteiger partial charge in [-0.1, -0.05) is 13.0 Å². The van der Waals surface area contributed by atoms with E-state index in [1.54, 1.807) is 0 Å². The molecule has 3 unspecified atom stereocenters. The normalized spacial score (nSPS) is 27.6. The highest BCUT2D eigenvalue weighted by Crippen LogP contribution is 2.37. The van der Waals surface area contributed by atoms with Gasteiger partial charge in [-0.3, -0.25) is 4.90 Å². The minimum atomic E-state index is 0.253. The van der Waals surface area contributed by atoms with Crippen molar-refractivity contribution in [3.8, 4) is 11.5 Å². The summed E-state index contributed by atoms with van der Waals surface area (Å²) in [5.41, 5.74) is 7.29. The SMILES string of the molecule is CC1SCCN(C(CN)c2ccc3c(c2)OCO3)C1C. The molecule has 5 heteroatoms. The van der Waals surface area contributed by atoms with Gasteiger partial charge in [-0.25, -0.2) is 0 Å². The number of hydrogen-bond acceptors (Lipinski definition) is 5. The summed E-state index contributed by atoms with van der Waals surface area (Å²) in [7, 11) is 0. The van der Waals surface area contributed by atoms with Crippen molar-refractivity contribution in [1.29, 1.82) is 0 Å². The Hall–Kier alpha value is -0.910. The first-order valence-corrected chi connectivity index (χ1v) is 8.22.